The van der Waals surface area contributed by atoms with Gasteiger partial charge in [0.05, 0.1) is 12.5 Å². The predicted octanol–water partition coefficient (Wildman–Crippen LogP) is 3.07. The molecule has 1 aromatic carbocycles. The Balaban J connectivity index is 1.58. The molecule has 190 valence electrons. The van der Waals surface area contributed by atoms with E-state index in [1.807, 2.05) is 6.92 Å². The lowest BCUT2D eigenvalue weighted by Gasteiger charge is -2.31. The first kappa shape index (κ1) is 25.1. The molecule has 2 aliphatic heterocycles. The van der Waals surface area contributed by atoms with Crippen molar-refractivity contribution in [3.63, 3.8) is 0 Å². The first-order valence-corrected chi connectivity index (χ1v) is 13.2. The first-order chi connectivity index (χ1) is 16.7. The third-order valence-corrected chi connectivity index (χ3v) is 8.54. The number of piperidine rings is 1. The van der Waals surface area contributed by atoms with Crippen LogP contribution in [0.15, 0.2) is 23.1 Å². The molecule has 0 aliphatic carbocycles. The fourth-order valence-corrected chi connectivity index (χ4v) is 6.79. The van der Waals surface area contributed by atoms with Crippen LogP contribution < -0.4 is 14.8 Å². The van der Waals surface area contributed by atoms with Crippen molar-refractivity contribution >= 4 is 27.6 Å². The molecule has 0 spiro atoms. The topological polar surface area (TPSA) is 116 Å². The zero-order valence-electron chi connectivity index (χ0n) is 20.4. The van der Waals surface area contributed by atoms with E-state index >= 15 is 0 Å². The fraction of sp³-hybridized carbons (Fsp3) is 0.500. The molecule has 3 heterocycles. The summed E-state index contributed by atoms with van der Waals surface area (Å²) in [6, 6.07) is 5.12. The molecule has 0 bridgehead atoms. The highest BCUT2D eigenvalue weighted by molar-refractivity contribution is 7.89. The zero-order chi connectivity index (χ0) is 25.3. The van der Waals surface area contributed by atoms with Crippen LogP contribution in [0.4, 0.5) is 5.69 Å². The Bertz CT molecular complexity index is 1250. The molecule has 1 saturated heterocycles. The second-order valence-corrected chi connectivity index (χ2v) is 10.5. The maximum absolute atomic E-state index is 13.8. The normalized spacial score (nSPS) is 17.9. The van der Waals surface area contributed by atoms with E-state index in [1.54, 1.807) is 43.5 Å². The van der Waals surface area contributed by atoms with Crippen LogP contribution in [0.25, 0.3) is 0 Å². The summed E-state index contributed by atoms with van der Waals surface area (Å²) in [5.74, 6) is -0.306. The summed E-state index contributed by atoms with van der Waals surface area (Å²) in [7, 11) is -4.05. The standard InChI is InChI=1S/C24H31N3O7S/c1-5-27-15(3)21(24(29)32-6-2)22(16(27)4)35(30,31)26-11-7-8-17(13-26)23(28)25-18-9-10-19-20(12-18)34-14-33-19/h9-10,12,17H,5-8,11,13-14H2,1-4H3,(H,25,28). The number of rotatable bonds is 7. The largest absolute Gasteiger partial charge is 0.462 e. The Kier molecular flexibility index (Phi) is 7.09. The molecule has 4 rings (SSSR count). The minimum absolute atomic E-state index is 0.0246. The molecule has 1 aromatic heterocycles. The monoisotopic (exact) mass is 505 g/mol. The van der Waals surface area contributed by atoms with Crippen molar-refractivity contribution in [2.24, 2.45) is 5.92 Å². The van der Waals surface area contributed by atoms with Gasteiger partial charge in [-0.1, -0.05) is 0 Å². The number of hydrogen-bond donors (Lipinski definition) is 1. The van der Waals surface area contributed by atoms with Gasteiger partial charge in [-0.2, -0.15) is 4.31 Å². The first-order valence-electron chi connectivity index (χ1n) is 11.8. The zero-order valence-corrected chi connectivity index (χ0v) is 21.2. The van der Waals surface area contributed by atoms with E-state index < -0.39 is 21.9 Å². The molecular weight excluding hydrogens is 474 g/mol. The third kappa shape index (κ3) is 4.62. The number of nitrogens with zero attached hydrogens (tertiary/aromatic N) is 2. The molecule has 1 amide bonds. The molecule has 2 aromatic rings. The molecule has 1 atom stereocenters. The number of sulfonamides is 1. The molecule has 10 nitrogen and oxygen atoms in total. The average Bonchev–Trinajstić information content (AvgIpc) is 3.40. The highest BCUT2D eigenvalue weighted by Gasteiger charge is 2.39. The van der Waals surface area contributed by atoms with Crippen molar-refractivity contribution in [1.29, 1.82) is 0 Å². The molecule has 0 saturated carbocycles. The number of esters is 1. The Morgan fingerprint density at radius 2 is 1.89 bits per heavy atom. The lowest BCUT2D eigenvalue weighted by Crippen LogP contribution is -2.44. The number of hydrogen-bond acceptors (Lipinski definition) is 7. The van der Waals surface area contributed by atoms with Gasteiger partial charge in [0.25, 0.3) is 0 Å². The summed E-state index contributed by atoms with van der Waals surface area (Å²) in [6.45, 7) is 8.07. The van der Waals surface area contributed by atoms with Crippen LogP contribution in [-0.2, 0) is 26.1 Å². The van der Waals surface area contributed by atoms with E-state index in [-0.39, 0.29) is 42.9 Å². The lowest BCUT2D eigenvalue weighted by atomic mass is 9.98. The molecule has 0 radical (unpaired) electrons. The molecule has 1 fully saturated rings. The third-order valence-electron chi connectivity index (χ3n) is 6.52. The summed E-state index contributed by atoms with van der Waals surface area (Å²) in [6.07, 6.45) is 1.08. The summed E-state index contributed by atoms with van der Waals surface area (Å²) in [4.78, 5) is 25.7. The molecule has 2 aliphatic rings. The number of fused-ring (bicyclic) bond motifs is 1. The summed E-state index contributed by atoms with van der Waals surface area (Å²) < 4.78 is 46.6. The molecule has 1 N–H and O–H groups in total. The SMILES string of the molecule is CCOC(=O)c1c(S(=O)(=O)N2CCCC(C(=O)Nc3ccc4c(c3)OCO4)C2)c(C)n(CC)c1C. The van der Waals surface area contributed by atoms with Crippen LogP contribution in [0, 0.1) is 19.8 Å². The van der Waals surface area contributed by atoms with Crippen LogP contribution in [0.3, 0.4) is 0 Å². The number of anilines is 1. The highest BCUT2D eigenvalue weighted by atomic mass is 32.2. The van der Waals surface area contributed by atoms with Gasteiger partial charge in [0.1, 0.15) is 10.5 Å². The van der Waals surface area contributed by atoms with Crippen molar-refractivity contribution in [2.45, 2.75) is 52.0 Å². The van der Waals surface area contributed by atoms with Crippen LogP contribution >= 0.6 is 0 Å². The van der Waals surface area contributed by atoms with Crippen LogP contribution in [0.1, 0.15) is 48.4 Å². The molecule has 1 unspecified atom stereocenters. The predicted molar refractivity (Wildman–Crippen MR) is 128 cm³/mol. The van der Waals surface area contributed by atoms with E-state index in [0.717, 1.165) is 0 Å². The summed E-state index contributed by atoms with van der Waals surface area (Å²) in [5, 5.41) is 2.86. The van der Waals surface area contributed by atoms with Crippen molar-refractivity contribution in [2.75, 3.05) is 31.8 Å². The van der Waals surface area contributed by atoms with Crippen LogP contribution in [-0.4, -0.2) is 55.7 Å². The summed E-state index contributed by atoms with van der Waals surface area (Å²) in [5.41, 5.74) is 1.66. The van der Waals surface area contributed by atoms with Gasteiger partial charge in [0.15, 0.2) is 11.5 Å². The molecular formula is C24H31N3O7S. The van der Waals surface area contributed by atoms with Crippen molar-refractivity contribution in [3.05, 3.63) is 35.2 Å². The van der Waals surface area contributed by atoms with E-state index in [1.165, 1.54) is 4.31 Å². The minimum Gasteiger partial charge on any atom is -0.462 e. The van der Waals surface area contributed by atoms with Crippen LogP contribution in [0.5, 0.6) is 11.5 Å². The number of nitrogens with one attached hydrogen (secondary N) is 1. The van der Waals surface area contributed by atoms with Gasteiger partial charge in [-0.15, -0.1) is 0 Å². The number of amides is 1. The lowest BCUT2D eigenvalue weighted by molar-refractivity contribution is -0.120. The average molecular weight is 506 g/mol. The van der Waals surface area contributed by atoms with Gasteiger partial charge in [-0.25, -0.2) is 13.2 Å². The van der Waals surface area contributed by atoms with Gasteiger partial charge in [0.2, 0.25) is 22.7 Å². The maximum atomic E-state index is 13.8. The quantitative estimate of drug-likeness (QED) is 0.575. The van der Waals surface area contributed by atoms with Crippen molar-refractivity contribution in [3.8, 4) is 11.5 Å². The number of aromatic nitrogens is 1. The van der Waals surface area contributed by atoms with Crippen LogP contribution in [0.2, 0.25) is 0 Å². The van der Waals surface area contributed by atoms with Crippen molar-refractivity contribution in [1.82, 2.24) is 8.87 Å². The van der Waals surface area contributed by atoms with E-state index in [0.29, 0.717) is 48.0 Å². The minimum atomic E-state index is -4.05. The van der Waals surface area contributed by atoms with E-state index in [9.17, 15) is 18.0 Å². The Hall–Kier alpha value is -3.05. The van der Waals surface area contributed by atoms with E-state index in [4.69, 9.17) is 14.2 Å². The van der Waals surface area contributed by atoms with Gasteiger partial charge in [-0.05, 0) is 52.7 Å². The summed E-state index contributed by atoms with van der Waals surface area (Å²) >= 11 is 0. The number of carbonyl (C=O) groups is 2. The fourth-order valence-electron chi connectivity index (χ4n) is 4.81. The molecule has 11 heteroatoms. The number of carbonyl (C=O) groups excluding carboxylic acids is 2. The number of benzene rings is 1. The Labute approximate surface area is 205 Å². The van der Waals surface area contributed by atoms with E-state index in [2.05, 4.69) is 5.32 Å². The molecule has 35 heavy (non-hydrogen) atoms. The van der Waals surface area contributed by atoms with Gasteiger partial charge >= 0.3 is 5.97 Å². The van der Waals surface area contributed by atoms with Gasteiger partial charge < -0.3 is 24.1 Å². The van der Waals surface area contributed by atoms with Crippen molar-refractivity contribution < 1.29 is 32.2 Å². The second kappa shape index (κ2) is 9.90. The van der Waals surface area contributed by atoms with Gasteiger partial charge in [0, 0.05) is 42.8 Å². The van der Waals surface area contributed by atoms with Gasteiger partial charge in [-0.3, -0.25) is 4.79 Å². The second-order valence-electron chi connectivity index (χ2n) is 8.60. The Morgan fingerprint density at radius 3 is 2.60 bits per heavy atom. The Morgan fingerprint density at radius 1 is 1.14 bits per heavy atom. The number of ether oxygens (including phenoxy) is 3. The highest BCUT2D eigenvalue weighted by Crippen LogP contribution is 2.35. The maximum Gasteiger partial charge on any atom is 0.341 e. The smallest absolute Gasteiger partial charge is 0.341 e.